The summed E-state index contributed by atoms with van der Waals surface area (Å²) in [5.74, 6) is -0.0666. The molecule has 0 heterocycles. The molecule has 0 aliphatic carbocycles. The number of carbonyl (C=O) groups excluding carboxylic acids is 1. The molecule has 0 aliphatic rings. The number of rotatable bonds is 16. The molecule has 142 valence electrons. The number of unbranched alkanes of at least 4 members (excludes halogenated alkanes) is 8. The summed E-state index contributed by atoms with van der Waals surface area (Å²) < 4.78 is 1.04. The van der Waals surface area contributed by atoms with Gasteiger partial charge in [-0.2, -0.15) is 0 Å². The van der Waals surface area contributed by atoms with E-state index in [4.69, 9.17) is 0 Å². The number of quaternary nitrogens is 1. The van der Waals surface area contributed by atoms with Gasteiger partial charge >= 0.3 is 0 Å². The Morgan fingerprint density at radius 1 is 1.00 bits per heavy atom. The number of hydrogen-bond donors (Lipinski definition) is 1. The zero-order valence-corrected chi connectivity index (χ0v) is 16.9. The fraction of sp³-hybridized carbons (Fsp3) is 0.857. The average molecular weight is 340 g/mol. The normalized spacial score (nSPS) is 12.8. The Balaban J connectivity index is 3.63. The molecule has 1 N–H and O–H groups in total. The number of nitrogens with one attached hydrogen (secondary N) is 1. The quantitative estimate of drug-likeness (QED) is 0.237. The zero-order chi connectivity index (χ0) is 18.3. The standard InChI is InChI=1S/C21H42N2O/c1-6-8-9-10-11-12-13-14-15-17-20(3)23(4,5)19-16-18-22-21(24)7-2/h7,20H,2,6,8-19H2,1,3-5H3/p+1. The molecule has 0 fully saturated rings. The van der Waals surface area contributed by atoms with E-state index in [1.807, 2.05) is 0 Å². The third kappa shape index (κ3) is 12.6. The summed E-state index contributed by atoms with van der Waals surface area (Å²) in [5, 5.41) is 2.86. The first-order valence-corrected chi connectivity index (χ1v) is 10.2. The molecule has 0 aromatic carbocycles. The van der Waals surface area contributed by atoms with Crippen molar-refractivity contribution in [1.29, 1.82) is 0 Å². The maximum Gasteiger partial charge on any atom is 0.243 e. The fourth-order valence-corrected chi connectivity index (χ4v) is 3.09. The Kier molecular flexibility index (Phi) is 14.0. The summed E-state index contributed by atoms with van der Waals surface area (Å²) in [7, 11) is 4.63. The minimum atomic E-state index is -0.0666. The summed E-state index contributed by atoms with van der Waals surface area (Å²) in [6.07, 6.45) is 16.2. The second-order valence-corrected chi connectivity index (χ2v) is 7.82. The van der Waals surface area contributed by atoms with Crippen LogP contribution < -0.4 is 5.32 Å². The number of carbonyl (C=O) groups is 1. The summed E-state index contributed by atoms with van der Waals surface area (Å²) in [5.41, 5.74) is 0. The van der Waals surface area contributed by atoms with E-state index in [2.05, 4.69) is 39.8 Å². The molecule has 0 aromatic rings. The first-order valence-electron chi connectivity index (χ1n) is 10.2. The van der Waals surface area contributed by atoms with Crippen LogP contribution in [0.2, 0.25) is 0 Å². The lowest BCUT2D eigenvalue weighted by Gasteiger charge is -2.36. The predicted molar refractivity (Wildman–Crippen MR) is 106 cm³/mol. The summed E-state index contributed by atoms with van der Waals surface area (Å²) in [4.78, 5) is 11.1. The molecule has 0 aliphatic heterocycles. The van der Waals surface area contributed by atoms with E-state index < -0.39 is 0 Å². The Hall–Kier alpha value is -0.830. The average Bonchev–Trinajstić information content (AvgIpc) is 2.56. The van der Waals surface area contributed by atoms with E-state index in [0.29, 0.717) is 6.04 Å². The molecule has 0 saturated heterocycles. The molecule has 1 amide bonds. The Morgan fingerprint density at radius 2 is 1.54 bits per heavy atom. The smallest absolute Gasteiger partial charge is 0.243 e. The van der Waals surface area contributed by atoms with Crippen LogP contribution in [0, 0.1) is 0 Å². The van der Waals surface area contributed by atoms with Gasteiger partial charge in [0.25, 0.3) is 0 Å². The third-order valence-electron chi connectivity index (χ3n) is 5.31. The van der Waals surface area contributed by atoms with E-state index in [1.54, 1.807) is 0 Å². The predicted octanol–water partition coefficient (Wildman–Crippen LogP) is 5.06. The lowest BCUT2D eigenvalue weighted by Crippen LogP contribution is -2.48. The molecular weight excluding hydrogens is 296 g/mol. The largest absolute Gasteiger partial charge is 0.352 e. The summed E-state index contributed by atoms with van der Waals surface area (Å²) >= 11 is 0. The summed E-state index contributed by atoms with van der Waals surface area (Å²) in [6, 6.07) is 0.685. The van der Waals surface area contributed by atoms with E-state index in [0.717, 1.165) is 24.0 Å². The van der Waals surface area contributed by atoms with E-state index in [1.165, 1.54) is 70.3 Å². The van der Waals surface area contributed by atoms with Gasteiger partial charge in [0.05, 0.1) is 26.7 Å². The van der Waals surface area contributed by atoms with Crippen LogP contribution in [-0.2, 0) is 4.79 Å². The SMILES string of the molecule is C=CC(=O)NCCC[N+](C)(C)C(C)CCCCCCCCCCC. The van der Waals surface area contributed by atoms with Gasteiger partial charge in [0.1, 0.15) is 0 Å². The topological polar surface area (TPSA) is 29.1 Å². The molecule has 3 heteroatoms. The van der Waals surface area contributed by atoms with Gasteiger partial charge in [-0.1, -0.05) is 64.9 Å². The third-order valence-corrected chi connectivity index (χ3v) is 5.31. The van der Waals surface area contributed by atoms with Crippen molar-refractivity contribution < 1.29 is 9.28 Å². The van der Waals surface area contributed by atoms with Crippen molar-refractivity contribution in [2.75, 3.05) is 27.2 Å². The molecule has 24 heavy (non-hydrogen) atoms. The summed E-state index contributed by atoms with van der Waals surface area (Å²) in [6.45, 7) is 9.97. The van der Waals surface area contributed by atoms with E-state index in [9.17, 15) is 4.79 Å². The van der Waals surface area contributed by atoms with Gasteiger partial charge in [0.2, 0.25) is 5.91 Å². The lowest BCUT2D eigenvalue weighted by atomic mass is 10.0. The van der Waals surface area contributed by atoms with Gasteiger partial charge in [-0.05, 0) is 25.8 Å². The molecule has 3 nitrogen and oxygen atoms in total. The second-order valence-electron chi connectivity index (χ2n) is 7.82. The molecule has 1 unspecified atom stereocenters. The maximum atomic E-state index is 11.1. The van der Waals surface area contributed by atoms with Gasteiger partial charge < -0.3 is 9.80 Å². The fourth-order valence-electron chi connectivity index (χ4n) is 3.09. The zero-order valence-electron chi connectivity index (χ0n) is 16.9. The van der Waals surface area contributed by atoms with Crippen molar-refractivity contribution in [3.05, 3.63) is 12.7 Å². The maximum absolute atomic E-state index is 11.1. The van der Waals surface area contributed by atoms with Crippen LogP contribution in [0.5, 0.6) is 0 Å². The molecule has 0 rings (SSSR count). The van der Waals surface area contributed by atoms with Gasteiger partial charge in [-0.15, -0.1) is 0 Å². The highest BCUT2D eigenvalue weighted by molar-refractivity contribution is 5.86. The monoisotopic (exact) mass is 339 g/mol. The van der Waals surface area contributed by atoms with Crippen LogP contribution in [0.3, 0.4) is 0 Å². The Bertz CT molecular complexity index is 326. The van der Waals surface area contributed by atoms with Crippen LogP contribution >= 0.6 is 0 Å². The highest BCUT2D eigenvalue weighted by atomic mass is 16.1. The van der Waals surface area contributed by atoms with Crippen LogP contribution in [0.4, 0.5) is 0 Å². The Morgan fingerprint density at radius 3 is 2.08 bits per heavy atom. The molecule has 0 aromatic heterocycles. The minimum absolute atomic E-state index is 0.0666. The van der Waals surface area contributed by atoms with Crippen LogP contribution in [-0.4, -0.2) is 43.6 Å². The highest BCUT2D eigenvalue weighted by Gasteiger charge is 2.22. The van der Waals surface area contributed by atoms with Crippen molar-refractivity contribution in [3.63, 3.8) is 0 Å². The molecule has 0 bridgehead atoms. The minimum Gasteiger partial charge on any atom is -0.352 e. The van der Waals surface area contributed by atoms with Crippen LogP contribution in [0.1, 0.15) is 84.5 Å². The number of nitrogens with zero attached hydrogens (tertiary/aromatic N) is 1. The van der Waals surface area contributed by atoms with E-state index in [-0.39, 0.29) is 5.91 Å². The van der Waals surface area contributed by atoms with Gasteiger partial charge in [0, 0.05) is 13.0 Å². The lowest BCUT2D eigenvalue weighted by molar-refractivity contribution is -0.913. The van der Waals surface area contributed by atoms with Crippen molar-refractivity contribution in [2.45, 2.75) is 90.5 Å². The molecule has 0 saturated carbocycles. The number of amides is 1. The van der Waals surface area contributed by atoms with E-state index >= 15 is 0 Å². The molecule has 1 atom stereocenters. The second kappa shape index (κ2) is 14.5. The van der Waals surface area contributed by atoms with Crippen molar-refractivity contribution >= 4 is 5.91 Å². The van der Waals surface area contributed by atoms with Crippen LogP contribution in [0.15, 0.2) is 12.7 Å². The van der Waals surface area contributed by atoms with Gasteiger partial charge in [-0.25, -0.2) is 0 Å². The molecule has 0 spiro atoms. The highest BCUT2D eigenvalue weighted by Crippen LogP contribution is 2.16. The molecular formula is C21H43N2O+. The van der Waals surface area contributed by atoms with Gasteiger partial charge in [0.15, 0.2) is 0 Å². The Labute approximate surface area is 151 Å². The van der Waals surface area contributed by atoms with Crippen molar-refractivity contribution in [1.82, 2.24) is 5.32 Å². The van der Waals surface area contributed by atoms with Crippen molar-refractivity contribution in [3.8, 4) is 0 Å². The molecule has 0 radical (unpaired) electrons. The van der Waals surface area contributed by atoms with Crippen molar-refractivity contribution in [2.24, 2.45) is 0 Å². The first kappa shape index (κ1) is 23.2. The van der Waals surface area contributed by atoms with Gasteiger partial charge in [-0.3, -0.25) is 4.79 Å². The van der Waals surface area contributed by atoms with Crippen LogP contribution in [0.25, 0.3) is 0 Å². The first-order chi connectivity index (χ1) is 11.4. The number of hydrogen-bond acceptors (Lipinski definition) is 1.